The van der Waals surface area contributed by atoms with Crippen molar-refractivity contribution in [3.63, 3.8) is 0 Å². The van der Waals surface area contributed by atoms with Gasteiger partial charge < -0.3 is 5.32 Å². The highest BCUT2D eigenvalue weighted by molar-refractivity contribution is 5.42. The van der Waals surface area contributed by atoms with Crippen LogP contribution in [0.2, 0.25) is 0 Å². The molecule has 0 unspecified atom stereocenters. The van der Waals surface area contributed by atoms with E-state index in [1.165, 1.54) is 0 Å². The predicted molar refractivity (Wildman–Crippen MR) is 55.5 cm³/mol. The van der Waals surface area contributed by atoms with E-state index in [1.807, 2.05) is 19.1 Å². The summed E-state index contributed by atoms with van der Waals surface area (Å²) < 4.78 is 0. The molecule has 0 aliphatic heterocycles. The Kier molecular flexibility index (Phi) is 3.84. The quantitative estimate of drug-likeness (QED) is 0.559. The Morgan fingerprint density at radius 1 is 1.62 bits per heavy atom. The lowest BCUT2D eigenvalue weighted by atomic mass is 10.3. The van der Waals surface area contributed by atoms with Crippen LogP contribution in [-0.2, 0) is 0 Å². The van der Waals surface area contributed by atoms with Crippen molar-refractivity contribution in [2.24, 2.45) is 0 Å². The smallest absolute Gasteiger partial charge is 0.0393 e. The number of terminal acetylenes is 1. The van der Waals surface area contributed by atoms with Gasteiger partial charge in [0.2, 0.25) is 0 Å². The van der Waals surface area contributed by atoms with E-state index in [1.54, 1.807) is 6.20 Å². The molecule has 0 aromatic carbocycles. The Morgan fingerprint density at radius 2 is 2.46 bits per heavy atom. The van der Waals surface area contributed by atoms with E-state index < -0.39 is 0 Å². The minimum Gasteiger partial charge on any atom is -0.385 e. The summed E-state index contributed by atoms with van der Waals surface area (Å²) in [4.78, 5) is 4.11. The van der Waals surface area contributed by atoms with E-state index in [9.17, 15) is 0 Å². The van der Waals surface area contributed by atoms with E-state index in [0.29, 0.717) is 0 Å². The zero-order valence-corrected chi connectivity index (χ0v) is 7.88. The Morgan fingerprint density at radius 3 is 3.15 bits per heavy atom. The van der Waals surface area contributed by atoms with E-state index in [0.717, 1.165) is 30.8 Å². The molecular formula is C11H14N2. The van der Waals surface area contributed by atoms with E-state index >= 15 is 0 Å². The Bertz CT molecular complexity index is 299. The minimum absolute atomic E-state index is 0.830. The Hall–Kier alpha value is -1.49. The number of anilines is 1. The zero-order valence-electron chi connectivity index (χ0n) is 7.88. The first kappa shape index (κ1) is 9.60. The van der Waals surface area contributed by atoms with E-state index in [-0.39, 0.29) is 0 Å². The molecule has 0 aliphatic carbocycles. The molecule has 68 valence electrons. The van der Waals surface area contributed by atoms with Gasteiger partial charge in [0.1, 0.15) is 0 Å². The Balaban J connectivity index is 2.33. The molecule has 2 nitrogen and oxygen atoms in total. The lowest BCUT2D eigenvalue weighted by Gasteiger charge is -2.04. The highest BCUT2D eigenvalue weighted by Gasteiger charge is 1.91. The van der Waals surface area contributed by atoms with Crippen molar-refractivity contribution in [3.05, 3.63) is 24.0 Å². The van der Waals surface area contributed by atoms with Gasteiger partial charge in [0.05, 0.1) is 0 Å². The molecule has 1 heterocycles. The number of hydrogen-bond acceptors (Lipinski definition) is 2. The molecule has 0 atom stereocenters. The molecule has 0 fully saturated rings. The molecule has 2 heteroatoms. The van der Waals surface area contributed by atoms with Crippen LogP contribution >= 0.6 is 0 Å². The van der Waals surface area contributed by atoms with Gasteiger partial charge in [0.25, 0.3) is 0 Å². The van der Waals surface area contributed by atoms with Crippen molar-refractivity contribution in [2.75, 3.05) is 11.9 Å². The molecule has 0 amide bonds. The Labute approximate surface area is 79.4 Å². The summed E-state index contributed by atoms with van der Waals surface area (Å²) in [5.41, 5.74) is 2.14. The van der Waals surface area contributed by atoms with Crippen LogP contribution in [0.4, 0.5) is 5.69 Å². The van der Waals surface area contributed by atoms with Gasteiger partial charge in [0.15, 0.2) is 0 Å². The average Bonchev–Trinajstić information content (AvgIpc) is 2.13. The molecule has 1 aromatic rings. The van der Waals surface area contributed by atoms with Gasteiger partial charge in [-0.2, -0.15) is 0 Å². The summed E-state index contributed by atoms with van der Waals surface area (Å²) >= 11 is 0. The number of nitrogens with zero attached hydrogens (tertiary/aromatic N) is 1. The fraction of sp³-hybridized carbons (Fsp3) is 0.364. The van der Waals surface area contributed by atoms with Crippen molar-refractivity contribution in [3.8, 4) is 12.3 Å². The number of pyridine rings is 1. The van der Waals surface area contributed by atoms with Gasteiger partial charge in [-0.05, 0) is 25.5 Å². The van der Waals surface area contributed by atoms with Crippen LogP contribution in [0.3, 0.4) is 0 Å². The first-order valence-electron chi connectivity index (χ1n) is 4.43. The molecule has 0 spiro atoms. The highest BCUT2D eigenvalue weighted by Crippen LogP contribution is 2.06. The van der Waals surface area contributed by atoms with Crippen molar-refractivity contribution in [1.29, 1.82) is 0 Å². The van der Waals surface area contributed by atoms with Crippen molar-refractivity contribution in [2.45, 2.75) is 19.8 Å². The van der Waals surface area contributed by atoms with Crippen LogP contribution in [0.25, 0.3) is 0 Å². The van der Waals surface area contributed by atoms with Gasteiger partial charge in [-0.15, -0.1) is 12.3 Å². The van der Waals surface area contributed by atoms with Crippen molar-refractivity contribution >= 4 is 5.69 Å². The van der Waals surface area contributed by atoms with Crippen LogP contribution < -0.4 is 5.32 Å². The first-order valence-corrected chi connectivity index (χ1v) is 4.43. The number of aryl methyl sites for hydroxylation is 1. The minimum atomic E-state index is 0.830. The van der Waals surface area contributed by atoms with Gasteiger partial charge in [-0.1, -0.05) is 0 Å². The summed E-state index contributed by atoms with van der Waals surface area (Å²) in [5, 5.41) is 3.28. The van der Waals surface area contributed by atoms with Gasteiger partial charge in [0, 0.05) is 30.5 Å². The number of aromatic nitrogens is 1. The molecule has 0 saturated carbocycles. The summed E-state index contributed by atoms with van der Waals surface area (Å²) in [5.74, 6) is 2.61. The van der Waals surface area contributed by atoms with Crippen LogP contribution in [0, 0.1) is 19.3 Å². The normalized spacial score (nSPS) is 9.23. The van der Waals surface area contributed by atoms with Crippen LogP contribution in [-0.4, -0.2) is 11.5 Å². The third-order valence-electron chi connectivity index (χ3n) is 1.72. The second kappa shape index (κ2) is 5.21. The highest BCUT2D eigenvalue weighted by atomic mass is 14.9. The summed E-state index contributed by atoms with van der Waals surface area (Å²) in [6.45, 7) is 2.90. The number of nitrogens with one attached hydrogen (secondary N) is 1. The molecular weight excluding hydrogens is 160 g/mol. The van der Waals surface area contributed by atoms with Crippen LogP contribution in [0.5, 0.6) is 0 Å². The van der Waals surface area contributed by atoms with Crippen LogP contribution in [0.1, 0.15) is 18.5 Å². The van der Waals surface area contributed by atoms with Gasteiger partial charge in [-0.3, -0.25) is 4.98 Å². The first-order chi connectivity index (χ1) is 6.33. The fourth-order valence-electron chi connectivity index (χ4n) is 1.08. The maximum absolute atomic E-state index is 5.14. The molecule has 1 aromatic heterocycles. The van der Waals surface area contributed by atoms with Gasteiger partial charge in [-0.25, -0.2) is 0 Å². The fourth-order valence-corrected chi connectivity index (χ4v) is 1.08. The number of rotatable bonds is 4. The molecule has 0 saturated heterocycles. The largest absolute Gasteiger partial charge is 0.385 e. The summed E-state index contributed by atoms with van der Waals surface area (Å²) in [6, 6.07) is 3.98. The SMILES string of the molecule is C#CCCCNc1ccnc(C)c1. The third kappa shape index (κ3) is 3.62. The maximum Gasteiger partial charge on any atom is 0.0393 e. The number of unbranched alkanes of at least 4 members (excludes halogenated alkanes) is 1. The summed E-state index contributed by atoms with van der Waals surface area (Å²) in [6.07, 6.45) is 8.79. The molecule has 0 bridgehead atoms. The van der Waals surface area contributed by atoms with Crippen molar-refractivity contribution < 1.29 is 0 Å². The van der Waals surface area contributed by atoms with E-state index in [2.05, 4.69) is 16.2 Å². The second-order valence-electron chi connectivity index (χ2n) is 2.92. The standard InChI is InChI=1S/C11H14N2/c1-3-4-5-7-13-11-6-8-12-10(2)9-11/h1,6,8-9H,4-5,7H2,2H3,(H,12,13). The molecule has 13 heavy (non-hydrogen) atoms. The third-order valence-corrected chi connectivity index (χ3v) is 1.72. The van der Waals surface area contributed by atoms with Crippen LogP contribution in [0.15, 0.2) is 18.3 Å². The monoisotopic (exact) mass is 174 g/mol. The zero-order chi connectivity index (χ0) is 9.52. The molecule has 1 rings (SSSR count). The molecule has 0 aliphatic rings. The van der Waals surface area contributed by atoms with E-state index in [4.69, 9.17) is 6.42 Å². The molecule has 0 radical (unpaired) electrons. The maximum atomic E-state index is 5.14. The lowest BCUT2D eigenvalue weighted by Crippen LogP contribution is -2.01. The molecule has 1 N–H and O–H groups in total. The van der Waals surface area contributed by atoms with Gasteiger partial charge >= 0.3 is 0 Å². The number of hydrogen-bond donors (Lipinski definition) is 1. The predicted octanol–water partition coefficient (Wildman–Crippen LogP) is 2.22. The summed E-state index contributed by atoms with van der Waals surface area (Å²) in [7, 11) is 0. The lowest BCUT2D eigenvalue weighted by molar-refractivity contribution is 0.906. The van der Waals surface area contributed by atoms with Crippen molar-refractivity contribution in [1.82, 2.24) is 4.98 Å². The average molecular weight is 174 g/mol. The topological polar surface area (TPSA) is 24.9 Å². The second-order valence-corrected chi connectivity index (χ2v) is 2.92.